The molecule has 1 aliphatic carbocycles. The van der Waals surface area contributed by atoms with E-state index in [1.54, 1.807) is 14.2 Å². The molecule has 1 saturated carbocycles. The lowest BCUT2D eigenvalue weighted by Gasteiger charge is -2.26. The summed E-state index contributed by atoms with van der Waals surface area (Å²) in [5.41, 5.74) is 1.96. The predicted octanol–water partition coefficient (Wildman–Crippen LogP) is 2.75. The summed E-state index contributed by atoms with van der Waals surface area (Å²) < 4.78 is 10.7. The molecule has 0 atom stereocenters. The van der Waals surface area contributed by atoms with Crippen molar-refractivity contribution in [1.29, 1.82) is 5.26 Å². The number of benzene rings is 1. The van der Waals surface area contributed by atoms with Gasteiger partial charge in [0.15, 0.2) is 0 Å². The molecule has 0 heterocycles. The molecule has 0 aliphatic heterocycles. The fraction of sp³-hybridized carbons (Fsp3) is 0.533. The number of anilines is 1. The number of hydrogen-bond acceptors (Lipinski definition) is 4. The van der Waals surface area contributed by atoms with Gasteiger partial charge in [0.2, 0.25) is 0 Å². The van der Waals surface area contributed by atoms with Crippen molar-refractivity contribution < 1.29 is 9.47 Å². The summed E-state index contributed by atoms with van der Waals surface area (Å²) in [7, 11) is 5.31. The summed E-state index contributed by atoms with van der Waals surface area (Å²) in [4.78, 5) is 2.11. The molecule has 0 N–H and O–H groups in total. The fourth-order valence-electron chi connectivity index (χ4n) is 2.47. The van der Waals surface area contributed by atoms with Crippen molar-refractivity contribution in [3.8, 4) is 17.6 Å². The summed E-state index contributed by atoms with van der Waals surface area (Å²) >= 11 is 0. The van der Waals surface area contributed by atoms with E-state index >= 15 is 0 Å². The number of methoxy groups -OCH3 is 2. The van der Waals surface area contributed by atoms with Crippen molar-refractivity contribution in [1.82, 2.24) is 0 Å². The summed E-state index contributed by atoms with van der Waals surface area (Å²) in [5.74, 6) is 1.57. The molecule has 1 aliphatic rings. The predicted molar refractivity (Wildman–Crippen MR) is 74.8 cm³/mol. The average Bonchev–Trinajstić information content (AvgIpc) is 3.17. The smallest absolute Gasteiger partial charge is 0.146 e. The third-order valence-corrected chi connectivity index (χ3v) is 3.71. The minimum atomic E-state index is -0.161. The standard InChI is InChI=1S/C15H20N2O2/c1-11-7-12(18-3)8-13(19-4)14(11)17(2)10-15(9-16)5-6-15/h7-8H,5-6,10H2,1-4H3. The van der Waals surface area contributed by atoms with E-state index in [0.29, 0.717) is 0 Å². The third-order valence-electron chi connectivity index (χ3n) is 3.71. The van der Waals surface area contributed by atoms with Crippen LogP contribution in [0.3, 0.4) is 0 Å². The van der Waals surface area contributed by atoms with Crippen molar-refractivity contribution in [3.05, 3.63) is 17.7 Å². The molecule has 2 rings (SSSR count). The average molecular weight is 260 g/mol. The molecule has 0 spiro atoms. The lowest BCUT2D eigenvalue weighted by molar-refractivity contribution is 0.393. The van der Waals surface area contributed by atoms with E-state index in [9.17, 15) is 5.26 Å². The highest BCUT2D eigenvalue weighted by Gasteiger charge is 2.44. The normalized spacial score (nSPS) is 15.5. The van der Waals surface area contributed by atoms with Gasteiger partial charge in [-0.25, -0.2) is 0 Å². The molecular formula is C15H20N2O2. The Morgan fingerprint density at radius 3 is 2.47 bits per heavy atom. The van der Waals surface area contributed by atoms with E-state index < -0.39 is 0 Å². The lowest BCUT2D eigenvalue weighted by Crippen LogP contribution is -2.26. The van der Waals surface area contributed by atoms with Crippen LogP contribution in [0, 0.1) is 23.7 Å². The quantitative estimate of drug-likeness (QED) is 0.816. The van der Waals surface area contributed by atoms with Gasteiger partial charge in [0.1, 0.15) is 11.5 Å². The number of rotatable bonds is 5. The number of aryl methyl sites for hydroxylation is 1. The SMILES string of the molecule is COc1cc(C)c(N(C)CC2(C#N)CC2)c(OC)c1. The molecule has 0 unspecified atom stereocenters. The molecule has 4 nitrogen and oxygen atoms in total. The van der Waals surface area contributed by atoms with Crippen molar-refractivity contribution in [3.63, 3.8) is 0 Å². The van der Waals surface area contributed by atoms with Crippen LogP contribution in [-0.4, -0.2) is 27.8 Å². The van der Waals surface area contributed by atoms with Gasteiger partial charge in [0.25, 0.3) is 0 Å². The fourth-order valence-corrected chi connectivity index (χ4v) is 2.47. The Balaban J connectivity index is 2.30. The zero-order valence-corrected chi connectivity index (χ0v) is 12.0. The van der Waals surface area contributed by atoms with Gasteiger partial charge < -0.3 is 14.4 Å². The number of nitriles is 1. The maximum absolute atomic E-state index is 9.20. The van der Waals surface area contributed by atoms with Crippen LogP contribution in [0.5, 0.6) is 11.5 Å². The molecular weight excluding hydrogens is 240 g/mol. The van der Waals surface area contributed by atoms with Gasteiger partial charge in [-0.2, -0.15) is 5.26 Å². The largest absolute Gasteiger partial charge is 0.497 e. The Hall–Kier alpha value is -1.89. The van der Waals surface area contributed by atoms with Crippen LogP contribution in [0.2, 0.25) is 0 Å². The van der Waals surface area contributed by atoms with Crippen LogP contribution in [0.1, 0.15) is 18.4 Å². The summed E-state index contributed by atoms with van der Waals surface area (Å²) in [5, 5.41) is 9.20. The number of nitrogens with zero attached hydrogens (tertiary/aromatic N) is 2. The number of ether oxygens (including phenoxy) is 2. The van der Waals surface area contributed by atoms with E-state index in [2.05, 4.69) is 11.0 Å². The van der Waals surface area contributed by atoms with Gasteiger partial charge in [-0.3, -0.25) is 0 Å². The second-order valence-corrected chi connectivity index (χ2v) is 5.24. The van der Waals surface area contributed by atoms with Crippen LogP contribution in [0.15, 0.2) is 12.1 Å². The molecule has 0 amide bonds. The topological polar surface area (TPSA) is 45.5 Å². The molecule has 102 valence electrons. The molecule has 0 radical (unpaired) electrons. The zero-order valence-electron chi connectivity index (χ0n) is 12.0. The van der Waals surface area contributed by atoms with Gasteiger partial charge in [-0.1, -0.05) is 0 Å². The van der Waals surface area contributed by atoms with Gasteiger partial charge in [-0.05, 0) is 31.4 Å². The van der Waals surface area contributed by atoms with Gasteiger partial charge >= 0.3 is 0 Å². The monoisotopic (exact) mass is 260 g/mol. The second-order valence-electron chi connectivity index (χ2n) is 5.24. The highest BCUT2D eigenvalue weighted by molar-refractivity contribution is 5.66. The summed E-state index contributed by atoms with van der Waals surface area (Å²) in [6, 6.07) is 6.29. The molecule has 19 heavy (non-hydrogen) atoms. The molecule has 0 bridgehead atoms. The first-order valence-electron chi connectivity index (χ1n) is 6.40. The minimum Gasteiger partial charge on any atom is -0.497 e. The minimum absolute atomic E-state index is 0.161. The molecule has 0 aromatic heterocycles. The van der Waals surface area contributed by atoms with Crippen molar-refractivity contribution in [2.45, 2.75) is 19.8 Å². The maximum Gasteiger partial charge on any atom is 0.146 e. The van der Waals surface area contributed by atoms with Crippen LogP contribution in [-0.2, 0) is 0 Å². The van der Waals surface area contributed by atoms with E-state index in [4.69, 9.17) is 9.47 Å². The Morgan fingerprint density at radius 1 is 1.32 bits per heavy atom. The first kappa shape index (κ1) is 13.5. The van der Waals surface area contributed by atoms with Crippen LogP contribution in [0.4, 0.5) is 5.69 Å². The lowest BCUT2D eigenvalue weighted by atomic mass is 10.1. The first-order valence-corrected chi connectivity index (χ1v) is 6.40. The van der Waals surface area contributed by atoms with Crippen molar-refractivity contribution >= 4 is 5.69 Å². The second kappa shape index (κ2) is 5.00. The van der Waals surface area contributed by atoms with Crippen LogP contribution in [0.25, 0.3) is 0 Å². The van der Waals surface area contributed by atoms with Gasteiger partial charge in [0, 0.05) is 19.7 Å². The highest BCUT2D eigenvalue weighted by Crippen LogP contribution is 2.47. The number of hydrogen-bond donors (Lipinski definition) is 0. The Kier molecular flexibility index (Phi) is 3.57. The van der Waals surface area contributed by atoms with Crippen molar-refractivity contribution in [2.24, 2.45) is 5.41 Å². The molecule has 1 fully saturated rings. The van der Waals surface area contributed by atoms with Crippen LogP contribution < -0.4 is 14.4 Å². The van der Waals surface area contributed by atoms with Crippen LogP contribution >= 0.6 is 0 Å². The van der Waals surface area contributed by atoms with E-state index in [0.717, 1.165) is 42.1 Å². The van der Waals surface area contributed by atoms with Gasteiger partial charge in [-0.15, -0.1) is 0 Å². The first-order chi connectivity index (χ1) is 9.05. The van der Waals surface area contributed by atoms with Crippen molar-refractivity contribution in [2.75, 3.05) is 32.7 Å². The highest BCUT2D eigenvalue weighted by atomic mass is 16.5. The van der Waals surface area contributed by atoms with E-state index in [-0.39, 0.29) is 5.41 Å². The maximum atomic E-state index is 9.20. The Labute approximate surface area is 114 Å². The molecule has 1 aromatic carbocycles. The Bertz CT molecular complexity index is 516. The molecule has 1 aromatic rings. The van der Waals surface area contributed by atoms with E-state index in [1.165, 1.54) is 0 Å². The summed E-state index contributed by atoms with van der Waals surface area (Å²) in [6.07, 6.45) is 1.98. The molecule has 0 saturated heterocycles. The Morgan fingerprint density at radius 2 is 2.00 bits per heavy atom. The summed E-state index contributed by atoms with van der Waals surface area (Å²) in [6.45, 7) is 2.77. The zero-order chi connectivity index (χ0) is 14.0. The molecule has 4 heteroatoms. The van der Waals surface area contributed by atoms with E-state index in [1.807, 2.05) is 26.1 Å². The third kappa shape index (κ3) is 2.60. The van der Waals surface area contributed by atoms with Gasteiger partial charge in [0.05, 0.1) is 31.4 Å².